The van der Waals surface area contributed by atoms with Gasteiger partial charge in [0.05, 0.1) is 6.10 Å². The topological polar surface area (TPSA) is 32.3 Å². The molecule has 1 fully saturated rings. The van der Waals surface area contributed by atoms with Crippen LogP contribution in [-0.2, 0) is 0 Å². The third-order valence-electron chi connectivity index (χ3n) is 3.54. The molecule has 1 aliphatic heterocycles. The van der Waals surface area contributed by atoms with Crippen molar-refractivity contribution >= 4 is 11.8 Å². The first-order chi connectivity index (χ1) is 9.35. The summed E-state index contributed by atoms with van der Waals surface area (Å²) in [5, 5.41) is 13.6. The van der Waals surface area contributed by atoms with E-state index < -0.39 is 11.6 Å². The van der Waals surface area contributed by atoms with Gasteiger partial charge in [0.25, 0.3) is 0 Å². The summed E-state index contributed by atoms with van der Waals surface area (Å²) in [5.74, 6) is 0.552. The van der Waals surface area contributed by atoms with Gasteiger partial charge in [0.1, 0.15) is 0 Å². The Hall–Kier alpha value is -0.720. The monoisotopic (exact) mass is 305 g/mol. The maximum atomic E-state index is 12.2. The minimum Gasteiger partial charge on any atom is -0.387 e. The van der Waals surface area contributed by atoms with Gasteiger partial charge in [-0.3, -0.25) is 0 Å². The van der Waals surface area contributed by atoms with Crippen molar-refractivity contribution in [2.24, 2.45) is 5.92 Å². The van der Waals surface area contributed by atoms with Crippen LogP contribution in [0, 0.1) is 5.92 Å². The predicted molar refractivity (Wildman–Crippen MR) is 73.5 cm³/mol. The highest BCUT2D eigenvalue weighted by atomic mass is 32.2. The predicted octanol–water partition coefficient (Wildman–Crippen LogP) is 3.72. The average molecular weight is 305 g/mol. The van der Waals surface area contributed by atoms with Crippen LogP contribution in [0.15, 0.2) is 29.2 Å². The number of nitrogens with one attached hydrogen (secondary N) is 1. The molecule has 20 heavy (non-hydrogen) atoms. The molecular weight excluding hydrogens is 287 g/mol. The molecule has 1 aromatic rings. The summed E-state index contributed by atoms with van der Waals surface area (Å²) < 4.78 is 36.7. The molecule has 2 rings (SSSR count). The zero-order chi connectivity index (χ0) is 14.8. The van der Waals surface area contributed by atoms with E-state index in [1.807, 2.05) is 0 Å². The summed E-state index contributed by atoms with van der Waals surface area (Å²) in [5.41, 5.74) is -3.62. The summed E-state index contributed by atoms with van der Waals surface area (Å²) in [6.45, 7) is 3.01. The lowest BCUT2D eigenvalue weighted by Crippen LogP contribution is -2.41. The molecule has 2 nitrogen and oxygen atoms in total. The average Bonchev–Trinajstić information content (AvgIpc) is 2.37. The molecular formula is C14H18F3NOS. The summed E-state index contributed by atoms with van der Waals surface area (Å²) >= 11 is -0.140. The fourth-order valence-electron chi connectivity index (χ4n) is 2.49. The highest BCUT2D eigenvalue weighted by Gasteiger charge is 2.30. The van der Waals surface area contributed by atoms with E-state index in [1.165, 1.54) is 12.1 Å². The maximum absolute atomic E-state index is 12.2. The number of hydrogen-bond acceptors (Lipinski definition) is 3. The fourth-order valence-corrected chi connectivity index (χ4v) is 3.03. The molecule has 1 aliphatic rings. The number of aliphatic hydroxyl groups is 1. The molecule has 0 aromatic heterocycles. The van der Waals surface area contributed by atoms with Crippen LogP contribution in [-0.4, -0.2) is 23.2 Å². The first-order valence-corrected chi connectivity index (χ1v) is 7.44. The third-order valence-corrected chi connectivity index (χ3v) is 4.28. The molecule has 0 spiro atoms. The third kappa shape index (κ3) is 4.40. The van der Waals surface area contributed by atoms with Gasteiger partial charge in [-0.25, -0.2) is 0 Å². The normalized spacial score (nSPS) is 25.4. The van der Waals surface area contributed by atoms with Crippen LogP contribution in [0.1, 0.15) is 31.4 Å². The summed E-state index contributed by atoms with van der Waals surface area (Å²) in [6, 6.07) is 5.92. The van der Waals surface area contributed by atoms with Crippen LogP contribution >= 0.6 is 11.8 Å². The number of rotatable bonds is 3. The molecule has 3 atom stereocenters. The zero-order valence-corrected chi connectivity index (χ0v) is 12.0. The number of alkyl halides is 3. The summed E-state index contributed by atoms with van der Waals surface area (Å²) in [7, 11) is 0. The van der Waals surface area contributed by atoms with Gasteiger partial charge >= 0.3 is 5.51 Å². The fraction of sp³-hybridized carbons (Fsp3) is 0.571. The van der Waals surface area contributed by atoms with Gasteiger partial charge in [-0.1, -0.05) is 19.1 Å². The number of piperidine rings is 1. The quantitative estimate of drug-likeness (QED) is 0.835. The second-order valence-electron chi connectivity index (χ2n) is 5.25. The van der Waals surface area contributed by atoms with E-state index in [1.54, 1.807) is 12.1 Å². The van der Waals surface area contributed by atoms with E-state index >= 15 is 0 Å². The molecule has 1 saturated heterocycles. The Balaban J connectivity index is 2.01. The van der Waals surface area contributed by atoms with Crippen molar-refractivity contribution in [3.8, 4) is 0 Å². The van der Waals surface area contributed by atoms with E-state index in [4.69, 9.17) is 0 Å². The smallest absolute Gasteiger partial charge is 0.387 e. The van der Waals surface area contributed by atoms with Crippen molar-refractivity contribution in [1.82, 2.24) is 5.32 Å². The largest absolute Gasteiger partial charge is 0.446 e. The van der Waals surface area contributed by atoms with Crippen LogP contribution in [0.5, 0.6) is 0 Å². The highest BCUT2D eigenvalue weighted by Crippen LogP contribution is 2.37. The number of aliphatic hydroxyl groups excluding tert-OH is 1. The summed E-state index contributed by atoms with van der Waals surface area (Å²) in [4.78, 5) is 0.137. The van der Waals surface area contributed by atoms with Gasteiger partial charge < -0.3 is 10.4 Å². The van der Waals surface area contributed by atoms with E-state index in [9.17, 15) is 18.3 Å². The standard InChI is InChI=1S/C14H18F3NOS/c1-9-6-7-18-12(8-9)13(19)10-2-4-11(5-3-10)20-14(15,16)17/h2-5,9,12-13,18-19H,6-8H2,1H3. The molecule has 6 heteroatoms. The first kappa shape index (κ1) is 15.7. The van der Waals surface area contributed by atoms with E-state index in [-0.39, 0.29) is 22.7 Å². The van der Waals surface area contributed by atoms with Crippen LogP contribution in [0.25, 0.3) is 0 Å². The molecule has 1 heterocycles. The molecule has 3 unspecified atom stereocenters. The SMILES string of the molecule is CC1CCNC(C(O)c2ccc(SC(F)(F)F)cc2)C1. The van der Waals surface area contributed by atoms with Gasteiger partial charge in [0.15, 0.2) is 0 Å². The van der Waals surface area contributed by atoms with E-state index in [2.05, 4.69) is 12.2 Å². The number of thioether (sulfide) groups is 1. The van der Waals surface area contributed by atoms with Crippen molar-refractivity contribution in [2.45, 2.75) is 42.3 Å². The first-order valence-electron chi connectivity index (χ1n) is 6.62. The Bertz CT molecular complexity index is 435. The van der Waals surface area contributed by atoms with Gasteiger partial charge in [-0.05, 0) is 54.8 Å². The molecule has 2 N–H and O–H groups in total. The molecule has 0 radical (unpaired) electrons. The van der Waals surface area contributed by atoms with Gasteiger partial charge in [0, 0.05) is 10.9 Å². The lowest BCUT2D eigenvalue weighted by atomic mass is 9.89. The molecule has 0 aliphatic carbocycles. The molecule has 0 bridgehead atoms. The Kier molecular flexibility index (Phi) is 4.99. The lowest BCUT2D eigenvalue weighted by molar-refractivity contribution is -0.0328. The van der Waals surface area contributed by atoms with Crippen LogP contribution in [0.3, 0.4) is 0 Å². The number of halogens is 3. The van der Waals surface area contributed by atoms with Crippen LogP contribution in [0.4, 0.5) is 13.2 Å². The van der Waals surface area contributed by atoms with Crippen molar-refractivity contribution in [3.05, 3.63) is 29.8 Å². The summed E-state index contributed by atoms with van der Waals surface area (Å²) in [6.07, 6.45) is 1.28. The van der Waals surface area contributed by atoms with Crippen molar-refractivity contribution in [3.63, 3.8) is 0 Å². The Morgan fingerprint density at radius 2 is 1.95 bits per heavy atom. The second-order valence-corrected chi connectivity index (χ2v) is 6.39. The number of hydrogen-bond donors (Lipinski definition) is 2. The van der Waals surface area contributed by atoms with Crippen LogP contribution in [0.2, 0.25) is 0 Å². The van der Waals surface area contributed by atoms with Crippen molar-refractivity contribution in [2.75, 3.05) is 6.54 Å². The number of benzene rings is 1. The highest BCUT2D eigenvalue weighted by molar-refractivity contribution is 8.00. The van der Waals surface area contributed by atoms with Gasteiger partial charge in [-0.2, -0.15) is 13.2 Å². The van der Waals surface area contributed by atoms with E-state index in [0.29, 0.717) is 11.5 Å². The van der Waals surface area contributed by atoms with Crippen molar-refractivity contribution in [1.29, 1.82) is 0 Å². The Morgan fingerprint density at radius 1 is 1.30 bits per heavy atom. The Labute approximate surface area is 120 Å². The zero-order valence-electron chi connectivity index (χ0n) is 11.2. The molecule has 1 aromatic carbocycles. The minimum atomic E-state index is -4.28. The lowest BCUT2D eigenvalue weighted by Gasteiger charge is -2.32. The van der Waals surface area contributed by atoms with Crippen molar-refractivity contribution < 1.29 is 18.3 Å². The van der Waals surface area contributed by atoms with Gasteiger partial charge in [-0.15, -0.1) is 0 Å². The minimum absolute atomic E-state index is 0.0279. The molecule has 0 saturated carbocycles. The Morgan fingerprint density at radius 3 is 2.50 bits per heavy atom. The maximum Gasteiger partial charge on any atom is 0.446 e. The molecule has 112 valence electrons. The van der Waals surface area contributed by atoms with Crippen LogP contribution < -0.4 is 5.32 Å². The van der Waals surface area contributed by atoms with Gasteiger partial charge in [0.2, 0.25) is 0 Å². The molecule has 0 amide bonds. The van der Waals surface area contributed by atoms with E-state index in [0.717, 1.165) is 19.4 Å². The second kappa shape index (κ2) is 6.37.